The van der Waals surface area contributed by atoms with Gasteiger partial charge in [0.1, 0.15) is 5.75 Å². The average molecular weight is 618 g/mol. The first-order chi connectivity index (χ1) is 19.5. The number of carbonyl (C=O) groups excluding carboxylic acids is 1. The van der Waals surface area contributed by atoms with Crippen LogP contribution in [0.25, 0.3) is 0 Å². The van der Waals surface area contributed by atoms with Gasteiger partial charge in [0.15, 0.2) is 5.13 Å². The number of alkyl halides is 6. The number of hydrogen-bond acceptors (Lipinski definition) is 5. The van der Waals surface area contributed by atoms with E-state index in [4.69, 9.17) is 4.74 Å². The van der Waals surface area contributed by atoms with Crippen LogP contribution in [0.2, 0.25) is 0 Å². The van der Waals surface area contributed by atoms with E-state index in [0.29, 0.717) is 22.6 Å². The van der Waals surface area contributed by atoms with Crippen molar-refractivity contribution in [1.29, 1.82) is 0 Å². The monoisotopic (exact) mass is 617 g/mol. The number of carbonyl (C=O) groups is 1. The van der Waals surface area contributed by atoms with Crippen LogP contribution in [0.4, 0.5) is 35.5 Å². The van der Waals surface area contributed by atoms with Gasteiger partial charge in [0, 0.05) is 34.3 Å². The summed E-state index contributed by atoms with van der Waals surface area (Å²) in [4.78, 5) is 18.9. The Morgan fingerprint density at radius 2 is 1.69 bits per heavy atom. The van der Waals surface area contributed by atoms with E-state index < -0.39 is 59.5 Å². The predicted octanol–water partition coefficient (Wildman–Crippen LogP) is 7.80. The lowest BCUT2D eigenvalue weighted by atomic mass is 9.64. The second-order valence-electron chi connectivity index (χ2n) is 11.0. The van der Waals surface area contributed by atoms with Gasteiger partial charge in [-0.3, -0.25) is 15.2 Å². The van der Waals surface area contributed by atoms with E-state index in [9.17, 15) is 9.18 Å². The molecule has 3 aromatic rings. The van der Waals surface area contributed by atoms with Crippen molar-refractivity contribution in [3.05, 3.63) is 82.1 Å². The zero-order valence-electron chi connectivity index (χ0n) is 23.1. The molecule has 0 radical (unpaired) electrons. The van der Waals surface area contributed by atoms with E-state index >= 15 is 26.3 Å². The highest BCUT2D eigenvalue weighted by molar-refractivity contribution is 7.10. The summed E-state index contributed by atoms with van der Waals surface area (Å²) in [5.41, 5.74) is -7.00. The molecule has 4 rings (SSSR count). The summed E-state index contributed by atoms with van der Waals surface area (Å²) >= 11 is 0.653. The van der Waals surface area contributed by atoms with Crippen LogP contribution >= 0.6 is 11.3 Å². The molecule has 0 spiro atoms. The van der Waals surface area contributed by atoms with Crippen molar-refractivity contribution in [1.82, 2.24) is 15.2 Å². The minimum absolute atomic E-state index is 0.136. The number of benzene rings is 1. The van der Waals surface area contributed by atoms with Crippen LogP contribution in [-0.4, -0.2) is 47.0 Å². The lowest BCUT2D eigenvalue weighted by Gasteiger charge is -2.50. The smallest absolute Gasteiger partial charge is 0.410 e. The number of hydrogen-bond donors (Lipinski definition) is 1. The summed E-state index contributed by atoms with van der Waals surface area (Å²) in [5, 5.41) is 0.673. The van der Waals surface area contributed by atoms with Crippen LogP contribution in [0, 0.1) is 17.5 Å². The van der Waals surface area contributed by atoms with Crippen molar-refractivity contribution in [2.24, 2.45) is 5.41 Å². The second-order valence-corrected chi connectivity index (χ2v) is 12.1. The van der Waals surface area contributed by atoms with E-state index in [2.05, 4.69) is 4.98 Å². The number of pyridine rings is 1. The summed E-state index contributed by atoms with van der Waals surface area (Å²) in [6.07, 6.45) is -13.8. The third-order valence-electron chi connectivity index (χ3n) is 8.13. The van der Waals surface area contributed by atoms with Gasteiger partial charge in [0.2, 0.25) is 5.54 Å². The highest BCUT2D eigenvalue weighted by atomic mass is 32.1. The molecular weight excluding hydrogens is 587 g/mol. The molecule has 0 unspecified atom stereocenters. The zero-order chi connectivity index (χ0) is 31.0. The topological polar surface area (TPSA) is 54.5 Å². The Bertz CT molecular complexity index is 1360. The number of aryl methyl sites for hydroxylation is 2. The van der Waals surface area contributed by atoms with Gasteiger partial charge < -0.3 is 4.74 Å². The summed E-state index contributed by atoms with van der Waals surface area (Å²) in [7, 11) is 0. The Labute approximate surface area is 242 Å². The number of amides is 1. The quantitative estimate of drug-likeness (QED) is 0.262. The summed E-state index contributed by atoms with van der Waals surface area (Å²) < 4.78 is 109. The molecule has 1 saturated heterocycles. The molecule has 5 nitrogen and oxygen atoms in total. The van der Waals surface area contributed by atoms with E-state index in [-0.39, 0.29) is 23.6 Å². The van der Waals surface area contributed by atoms with E-state index in [1.165, 1.54) is 35.6 Å². The summed E-state index contributed by atoms with van der Waals surface area (Å²) in [6.45, 7) is 4.34. The number of rotatable bonds is 8. The third kappa shape index (κ3) is 5.98. The summed E-state index contributed by atoms with van der Waals surface area (Å²) in [5.74, 6) is -0.225. The van der Waals surface area contributed by atoms with E-state index in [0.717, 1.165) is 6.07 Å². The van der Waals surface area contributed by atoms with Gasteiger partial charge in [-0.05, 0) is 82.5 Å². The summed E-state index contributed by atoms with van der Waals surface area (Å²) in [6, 6.07) is 12.7. The maximum absolute atomic E-state index is 15.1. The van der Waals surface area contributed by atoms with Gasteiger partial charge in [-0.2, -0.15) is 30.7 Å². The van der Waals surface area contributed by atoms with Gasteiger partial charge in [-0.25, -0.2) is 4.79 Å². The number of aromatic nitrogens is 1. The van der Waals surface area contributed by atoms with Crippen molar-refractivity contribution < 1.29 is 40.3 Å². The molecule has 1 fully saturated rings. The molecule has 42 heavy (non-hydrogen) atoms. The first-order valence-corrected chi connectivity index (χ1v) is 13.9. The van der Waals surface area contributed by atoms with E-state index in [1.54, 1.807) is 50.1 Å². The van der Waals surface area contributed by atoms with Crippen molar-refractivity contribution in [2.45, 2.75) is 63.5 Å². The van der Waals surface area contributed by atoms with Crippen molar-refractivity contribution in [3.8, 4) is 5.75 Å². The van der Waals surface area contributed by atoms with Gasteiger partial charge in [-0.15, -0.1) is 11.3 Å². The fourth-order valence-corrected chi connectivity index (χ4v) is 6.45. The standard InChI is InChI=1S/C29H30F7N3O2S/c1-19-9-10-20(17-37-19)25(2,3)39-16-15-26(18-39,14-13-22-11-12-23(30)42-22)27(28(31,32)33,29(34,35)36)38-24(40)41-21-7-5-4-6-8-21/h4-12,17H,13-16,18H2,1-3H3,(H,38,40)/t26-/m1/s1. The maximum Gasteiger partial charge on any atom is 0.421 e. The van der Waals surface area contributed by atoms with Crippen LogP contribution in [0.5, 0.6) is 5.75 Å². The molecule has 0 bridgehead atoms. The zero-order valence-corrected chi connectivity index (χ0v) is 23.9. The normalized spacial score (nSPS) is 18.7. The Balaban J connectivity index is 1.81. The van der Waals surface area contributed by atoms with Gasteiger partial charge in [0.25, 0.3) is 0 Å². The third-order valence-corrected chi connectivity index (χ3v) is 9.06. The van der Waals surface area contributed by atoms with Crippen LogP contribution < -0.4 is 10.1 Å². The highest BCUT2D eigenvalue weighted by Gasteiger charge is 2.81. The largest absolute Gasteiger partial charge is 0.421 e. The highest BCUT2D eigenvalue weighted by Crippen LogP contribution is 2.59. The minimum atomic E-state index is -5.98. The first-order valence-electron chi connectivity index (χ1n) is 13.1. The lowest BCUT2D eigenvalue weighted by molar-refractivity contribution is -0.337. The Hall–Kier alpha value is -3.19. The van der Waals surface area contributed by atoms with Crippen LogP contribution in [-0.2, 0) is 12.0 Å². The molecule has 13 heteroatoms. The van der Waals surface area contributed by atoms with Gasteiger partial charge in [0.05, 0.1) is 0 Å². The molecule has 2 aromatic heterocycles. The number of nitrogens with one attached hydrogen (secondary N) is 1. The second kappa shape index (κ2) is 11.5. The molecule has 1 amide bonds. The molecule has 0 saturated carbocycles. The van der Waals surface area contributed by atoms with Crippen LogP contribution in [0.1, 0.15) is 42.8 Å². The molecule has 3 heterocycles. The van der Waals surface area contributed by atoms with Crippen LogP contribution in [0.3, 0.4) is 0 Å². The van der Waals surface area contributed by atoms with Crippen molar-refractivity contribution >= 4 is 17.4 Å². The number of para-hydroxylation sites is 1. The molecular formula is C29H30F7N3O2S. The van der Waals surface area contributed by atoms with Gasteiger partial charge in [-0.1, -0.05) is 24.3 Å². The molecule has 1 aromatic carbocycles. The molecule has 1 aliphatic rings. The van der Waals surface area contributed by atoms with E-state index in [1.807, 2.05) is 0 Å². The Morgan fingerprint density at radius 3 is 2.24 bits per heavy atom. The van der Waals surface area contributed by atoms with Gasteiger partial charge >= 0.3 is 18.4 Å². The SMILES string of the molecule is Cc1ccc(C(C)(C)N2CC[C@@](CCc3ccc(F)s3)(C(NC(=O)Oc3ccccc3)(C(F)(F)F)C(F)(F)F)C2)cn1. The van der Waals surface area contributed by atoms with Crippen LogP contribution in [0.15, 0.2) is 60.8 Å². The molecule has 1 N–H and O–H groups in total. The predicted molar refractivity (Wildman–Crippen MR) is 144 cm³/mol. The number of thiophene rings is 1. The number of ether oxygens (including phenoxy) is 1. The minimum Gasteiger partial charge on any atom is -0.410 e. The maximum atomic E-state index is 15.1. The number of nitrogens with zero attached hydrogens (tertiary/aromatic N) is 2. The number of halogens is 7. The van der Waals surface area contributed by atoms with Crippen molar-refractivity contribution in [3.63, 3.8) is 0 Å². The Kier molecular flexibility index (Phi) is 8.67. The molecule has 0 aliphatic carbocycles. The lowest BCUT2D eigenvalue weighted by Crippen LogP contribution is -2.76. The molecule has 1 atom stereocenters. The number of likely N-dealkylation sites (tertiary alicyclic amines) is 1. The fraction of sp³-hybridized carbons (Fsp3) is 0.448. The van der Waals surface area contributed by atoms with Crippen molar-refractivity contribution in [2.75, 3.05) is 13.1 Å². The molecule has 228 valence electrons. The Morgan fingerprint density at radius 1 is 1.02 bits per heavy atom. The molecule has 1 aliphatic heterocycles. The average Bonchev–Trinajstić information content (AvgIpc) is 3.53. The first kappa shape index (κ1) is 31.7. The fourth-order valence-electron chi connectivity index (χ4n) is 5.72.